The molecule has 12 heteroatoms. The van der Waals surface area contributed by atoms with Gasteiger partial charge in [0.1, 0.15) is 12.2 Å². The van der Waals surface area contributed by atoms with Crippen molar-refractivity contribution in [2.45, 2.75) is 37.1 Å². The topological polar surface area (TPSA) is 185 Å². The van der Waals surface area contributed by atoms with E-state index >= 15 is 0 Å². The molecular formula is C32H30N4O8. The van der Waals surface area contributed by atoms with Crippen molar-refractivity contribution in [3.63, 3.8) is 0 Å². The van der Waals surface area contributed by atoms with Gasteiger partial charge >= 0.3 is 0 Å². The molecule has 0 unspecified atom stereocenters. The summed E-state index contributed by atoms with van der Waals surface area (Å²) in [4.78, 5) is 47.6. The molecule has 2 amide bonds. The van der Waals surface area contributed by atoms with Crippen LogP contribution < -0.4 is 10.6 Å². The van der Waals surface area contributed by atoms with Crippen LogP contribution in [-0.2, 0) is 12.8 Å². The first kappa shape index (κ1) is 31.5. The van der Waals surface area contributed by atoms with Crippen LogP contribution in [0, 0.1) is 20.2 Å². The van der Waals surface area contributed by atoms with E-state index in [1.807, 2.05) is 0 Å². The Morgan fingerprint density at radius 1 is 0.591 bits per heavy atom. The monoisotopic (exact) mass is 598 g/mol. The van der Waals surface area contributed by atoms with Crippen molar-refractivity contribution >= 4 is 23.2 Å². The van der Waals surface area contributed by atoms with E-state index in [0.29, 0.717) is 0 Å². The number of nitrogens with zero attached hydrogens (tertiary/aromatic N) is 2. The van der Waals surface area contributed by atoms with Crippen molar-refractivity contribution in [3.05, 3.63) is 152 Å². The standard InChI is InChI=1S/C32H30N4O8/c37-29(27(17-21-9-3-1-4-10-21)33-31(39)23-13-7-15-25(19-23)35(41)42)30(38)28(18-22-11-5-2-6-12-22)34-32(40)24-14-8-16-26(20-24)36(43)44/h1-16,19-20,27-30,37-38H,17-18H2,(H,33,39)(H,34,40)/t27-,28+,29-,30+. The molecule has 4 aromatic rings. The van der Waals surface area contributed by atoms with Gasteiger partial charge < -0.3 is 20.8 Å². The Morgan fingerprint density at radius 3 is 1.30 bits per heavy atom. The first-order valence-electron chi connectivity index (χ1n) is 13.7. The van der Waals surface area contributed by atoms with Gasteiger partial charge in [-0.3, -0.25) is 29.8 Å². The number of amides is 2. The Bertz CT molecular complexity index is 1500. The maximum atomic E-state index is 13.2. The van der Waals surface area contributed by atoms with Gasteiger partial charge in [-0.15, -0.1) is 0 Å². The Kier molecular flexibility index (Phi) is 10.5. The normalized spacial score (nSPS) is 13.6. The summed E-state index contributed by atoms with van der Waals surface area (Å²) in [7, 11) is 0. The van der Waals surface area contributed by atoms with Gasteiger partial charge in [0.05, 0.1) is 21.9 Å². The molecular weight excluding hydrogens is 568 g/mol. The zero-order valence-electron chi connectivity index (χ0n) is 23.4. The molecule has 4 rings (SSSR count). The van der Waals surface area contributed by atoms with Crippen LogP contribution in [0.3, 0.4) is 0 Å². The molecule has 0 aliphatic rings. The number of aliphatic hydroxyl groups excluding tert-OH is 2. The van der Waals surface area contributed by atoms with E-state index < -0.39 is 46.0 Å². The molecule has 0 radical (unpaired) electrons. The number of nitro groups is 2. The van der Waals surface area contributed by atoms with E-state index in [9.17, 15) is 40.0 Å². The van der Waals surface area contributed by atoms with Crippen LogP contribution in [0.4, 0.5) is 11.4 Å². The minimum absolute atomic E-state index is 0.0150. The highest BCUT2D eigenvalue weighted by molar-refractivity contribution is 5.95. The molecule has 4 aromatic carbocycles. The average Bonchev–Trinajstić information content (AvgIpc) is 3.04. The molecule has 0 aliphatic carbocycles. The highest BCUT2D eigenvalue weighted by Crippen LogP contribution is 2.19. The number of carbonyl (C=O) groups excluding carboxylic acids is 2. The Labute approximate surface area is 252 Å². The second-order valence-electron chi connectivity index (χ2n) is 10.1. The number of rotatable bonds is 13. The van der Waals surface area contributed by atoms with Crippen LogP contribution in [-0.4, -0.2) is 56.2 Å². The lowest BCUT2D eigenvalue weighted by atomic mass is 9.90. The summed E-state index contributed by atoms with van der Waals surface area (Å²) in [6, 6.07) is 25.8. The number of benzene rings is 4. The van der Waals surface area contributed by atoms with E-state index in [-0.39, 0.29) is 35.3 Å². The minimum atomic E-state index is -1.63. The van der Waals surface area contributed by atoms with Gasteiger partial charge in [-0.05, 0) is 36.1 Å². The number of hydrogen-bond acceptors (Lipinski definition) is 8. The molecule has 0 heterocycles. The van der Waals surface area contributed by atoms with Crippen LogP contribution >= 0.6 is 0 Å². The third-order valence-electron chi connectivity index (χ3n) is 7.04. The fraction of sp³-hybridized carbons (Fsp3) is 0.188. The highest BCUT2D eigenvalue weighted by atomic mass is 16.6. The van der Waals surface area contributed by atoms with Crippen molar-refractivity contribution < 1.29 is 29.6 Å². The van der Waals surface area contributed by atoms with E-state index in [4.69, 9.17) is 0 Å². The molecule has 4 atom stereocenters. The summed E-state index contributed by atoms with van der Waals surface area (Å²) in [5.41, 5.74) is 0.846. The molecule has 4 N–H and O–H groups in total. The quantitative estimate of drug-likeness (QED) is 0.133. The van der Waals surface area contributed by atoms with Gasteiger partial charge in [-0.25, -0.2) is 0 Å². The molecule has 0 aliphatic heterocycles. The number of carbonyl (C=O) groups is 2. The van der Waals surface area contributed by atoms with Crippen LogP contribution in [0.5, 0.6) is 0 Å². The largest absolute Gasteiger partial charge is 0.388 e. The van der Waals surface area contributed by atoms with Crippen molar-refractivity contribution in [2.24, 2.45) is 0 Å². The van der Waals surface area contributed by atoms with Gasteiger partial charge in [0.2, 0.25) is 0 Å². The summed E-state index contributed by atoms with van der Waals surface area (Å²) >= 11 is 0. The average molecular weight is 599 g/mol. The van der Waals surface area contributed by atoms with Crippen LogP contribution in [0.25, 0.3) is 0 Å². The summed E-state index contributed by atoms with van der Waals surface area (Å²) in [6.07, 6.45) is -3.10. The first-order valence-corrected chi connectivity index (χ1v) is 13.7. The van der Waals surface area contributed by atoms with Gasteiger partial charge in [0.15, 0.2) is 0 Å². The second kappa shape index (κ2) is 14.6. The van der Waals surface area contributed by atoms with Gasteiger partial charge in [0, 0.05) is 35.4 Å². The molecule has 0 aromatic heterocycles. The highest BCUT2D eigenvalue weighted by Gasteiger charge is 2.35. The third kappa shape index (κ3) is 8.31. The number of nitrogens with one attached hydrogen (secondary N) is 2. The molecule has 0 fully saturated rings. The fourth-order valence-corrected chi connectivity index (χ4v) is 4.75. The van der Waals surface area contributed by atoms with Crippen LogP contribution in [0.1, 0.15) is 31.8 Å². The van der Waals surface area contributed by atoms with Crippen molar-refractivity contribution in [1.82, 2.24) is 10.6 Å². The number of nitro benzene ring substituents is 2. The smallest absolute Gasteiger partial charge is 0.270 e. The number of non-ortho nitro benzene ring substituents is 2. The SMILES string of the molecule is O=C(N[C@@H](Cc1ccccc1)[C@H](O)[C@H](O)[C@@H](Cc1ccccc1)NC(=O)c1cccc([N+](=O)[O-])c1)c1cccc([N+](=O)[O-])c1. The van der Waals surface area contributed by atoms with E-state index in [0.717, 1.165) is 23.3 Å². The predicted molar refractivity (Wildman–Crippen MR) is 161 cm³/mol. The zero-order chi connectivity index (χ0) is 31.6. The lowest BCUT2D eigenvalue weighted by Gasteiger charge is -2.33. The van der Waals surface area contributed by atoms with Crippen LogP contribution in [0.2, 0.25) is 0 Å². The first-order chi connectivity index (χ1) is 21.1. The predicted octanol–water partition coefficient (Wildman–Crippen LogP) is 3.61. The van der Waals surface area contributed by atoms with Gasteiger partial charge in [0.25, 0.3) is 23.2 Å². The molecule has 0 saturated heterocycles. The molecule has 0 saturated carbocycles. The lowest BCUT2D eigenvalue weighted by Crippen LogP contribution is -2.57. The Hall–Kier alpha value is -5.46. The minimum Gasteiger partial charge on any atom is -0.388 e. The summed E-state index contributed by atoms with van der Waals surface area (Å²) in [5, 5.41) is 50.9. The summed E-state index contributed by atoms with van der Waals surface area (Å²) in [6.45, 7) is 0. The molecule has 0 bridgehead atoms. The van der Waals surface area contributed by atoms with Gasteiger partial charge in [-0.1, -0.05) is 72.8 Å². The van der Waals surface area contributed by atoms with E-state index in [1.165, 1.54) is 36.4 Å². The Balaban J connectivity index is 1.63. The molecule has 226 valence electrons. The summed E-state index contributed by atoms with van der Waals surface area (Å²) in [5.74, 6) is -1.41. The van der Waals surface area contributed by atoms with Gasteiger partial charge in [-0.2, -0.15) is 0 Å². The van der Waals surface area contributed by atoms with Crippen molar-refractivity contribution in [1.29, 1.82) is 0 Å². The second-order valence-corrected chi connectivity index (χ2v) is 10.1. The maximum absolute atomic E-state index is 13.2. The van der Waals surface area contributed by atoms with Crippen molar-refractivity contribution in [2.75, 3.05) is 0 Å². The molecule has 44 heavy (non-hydrogen) atoms. The van der Waals surface area contributed by atoms with E-state index in [1.54, 1.807) is 60.7 Å². The number of hydrogen-bond donors (Lipinski definition) is 4. The van der Waals surface area contributed by atoms with E-state index in [2.05, 4.69) is 10.6 Å². The fourth-order valence-electron chi connectivity index (χ4n) is 4.75. The van der Waals surface area contributed by atoms with Crippen LogP contribution in [0.15, 0.2) is 109 Å². The third-order valence-corrected chi connectivity index (χ3v) is 7.04. The maximum Gasteiger partial charge on any atom is 0.270 e. The molecule has 0 spiro atoms. The summed E-state index contributed by atoms with van der Waals surface area (Å²) < 4.78 is 0. The lowest BCUT2D eigenvalue weighted by molar-refractivity contribution is -0.385. The molecule has 12 nitrogen and oxygen atoms in total. The number of aliphatic hydroxyl groups is 2. The Morgan fingerprint density at radius 2 is 0.955 bits per heavy atom. The zero-order valence-corrected chi connectivity index (χ0v) is 23.4. The van der Waals surface area contributed by atoms with Crippen molar-refractivity contribution in [3.8, 4) is 0 Å².